The highest BCUT2D eigenvalue weighted by atomic mass is 35.5. The third kappa shape index (κ3) is 5.13. The van der Waals surface area contributed by atoms with Crippen molar-refractivity contribution in [1.82, 2.24) is 15.0 Å². The van der Waals surface area contributed by atoms with Crippen LogP contribution in [-0.2, 0) is 4.79 Å². The van der Waals surface area contributed by atoms with Gasteiger partial charge in [0.25, 0.3) is 0 Å². The molecule has 1 atom stereocenters. The highest BCUT2D eigenvalue weighted by Crippen LogP contribution is 2.13. The van der Waals surface area contributed by atoms with Crippen molar-refractivity contribution in [3.05, 3.63) is 5.28 Å². The summed E-state index contributed by atoms with van der Waals surface area (Å²) >= 11 is 5.70. The molecule has 18 heavy (non-hydrogen) atoms. The van der Waals surface area contributed by atoms with Gasteiger partial charge in [0.1, 0.15) is 0 Å². The lowest BCUT2D eigenvalue weighted by molar-refractivity contribution is -0.137. The van der Waals surface area contributed by atoms with Crippen LogP contribution in [0.3, 0.4) is 0 Å². The highest BCUT2D eigenvalue weighted by molar-refractivity contribution is 6.28. The smallest absolute Gasteiger partial charge is 0.322 e. The lowest BCUT2D eigenvalue weighted by Crippen LogP contribution is -2.18. The molecular weight excluding hydrogens is 260 g/mol. The van der Waals surface area contributed by atoms with Crippen LogP contribution in [0.1, 0.15) is 26.2 Å². The summed E-state index contributed by atoms with van der Waals surface area (Å²) in [6.07, 6.45) is 1.42. The van der Waals surface area contributed by atoms with Crippen LogP contribution >= 0.6 is 11.6 Å². The number of halogens is 1. The molecule has 1 unspecified atom stereocenters. The van der Waals surface area contributed by atoms with Gasteiger partial charge in [0.05, 0.1) is 7.11 Å². The Morgan fingerprint density at radius 1 is 1.50 bits per heavy atom. The maximum absolute atomic E-state index is 10.4. The van der Waals surface area contributed by atoms with Crippen LogP contribution in [-0.4, -0.2) is 39.2 Å². The van der Waals surface area contributed by atoms with Gasteiger partial charge in [-0.1, -0.05) is 0 Å². The molecule has 1 aromatic rings. The van der Waals surface area contributed by atoms with Crippen LogP contribution in [0.2, 0.25) is 5.28 Å². The number of aliphatic carboxylic acids is 1. The van der Waals surface area contributed by atoms with Crippen LogP contribution in [0.15, 0.2) is 0 Å². The van der Waals surface area contributed by atoms with Gasteiger partial charge >= 0.3 is 12.0 Å². The first-order chi connectivity index (χ1) is 8.51. The van der Waals surface area contributed by atoms with Crippen molar-refractivity contribution in [2.24, 2.45) is 0 Å². The van der Waals surface area contributed by atoms with Gasteiger partial charge in [0.2, 0.25) is 11.2 Å². The van der Waals surface area contributed by atoms with Crippen molar-refractivity contribution in [1.29, 1.82) is 0 Å². The van der Waals surface area contributed by atoms with E-state index in [9.17, 15) is 4.79 Å². The normalized spacial score (nSPS) is 11.9. The van der Waals surface area contributed by atoms with Gasteiger partial charge in [0, 0.05) is 12.5 Å². The Labute approximate surface area is 110 Å². The van der Waals surface area contributed by atoms with E-state index < -0.39 is 5.97 Å². The average molecular weight is 275 g/mol. The predicted molar refractivity (Wildman–Crippen MR) is 66.0 cm³/mol. The molecule has 0 aliphatic heterocycles. The van der Waals surface area contributed by atoms with E-state index in [2.05, 4.69) is 20.3 Å². The molecule has 0 bridgehead atoms. The molecule has 0 saturated heterocycles. The molecule has 100 valence electrons. The van der Waals surface area contributed by atoms with Gasteiger partial charge in [-0.15, -0.1) is 0 Å². The van der Waals surface area contributed by atoms with Crippen molar-refractivity contribution in [2.75, 3.05) is 12.4 Å². The highest BCUT2D eigenvalue weighted by Gasteiger charge is 2.09. The third-order valence-corrected chi connectivity index (χ3v) is 2.34. The molecule has 0 aliphatic rings. The molecule has 1 rings (SSSR count). The minimum absolute atomic E-state index is 0.0347. The molecule has 7 nitrogen and oxygen atoms in total. The average Bonchev–Trinajstić information content (AvgIpc) is 2.27. The first kappa shape index (κ1) is 14.4. The van der Waals surface area contributed by atoms with E-state index in [1.165, 1.54) is 7.11 Å². The topological polar surface area (TPSA) is 97.2 Å². The molecule has 0 fully saturated rings. The zero-order valence-corrected chi connectivity index (χ0v) is 10.9. The number of ether oxygens (including phenoxy) is 1. The summed E-state index contributed by atoms with van der Waals surface area (Å²) in [5.41, 5.74) is 0. The van der Waals surface area contributed by atoms with Gasteiger partial charge in [-0.05, 0) is 31.4 Å². The molecule has 0 radical (unpaired) electrons. The number of methoxy groups -OCH3 is 1. The molecule has 0 spiro atoms. The molecule has 0 aliphatic carbocycles. The molecule has 1 heterocycles. The number of hydrogen-bond acceptors (Lipinski definition) is 6. The second-order valence-corrected chi connectivity index (χ2v) is 4.08. The van der Waals surface area contributed by atoms with E-state index in [1.807, 2.05) is 6.92 Å². The quantitative estimate of drug-likeness (QED) is 0.779. The Bertz CT molecular complexity index is 416. The predicted octanol–water partition coefficient (Wildman–Crippen LogP) is 1.59. The summed E-state index contributed by atoms with van der Waals surface area (Å²) < 4.78 is 4.87. The Hall–Kier alpha value is -1.63. The van der Waals surface area contributed by atoms with Crippen LogP contribution in [0, 0.1) is 0 Å². The van der Waals surface area contributed by atoms with E-state index >= 15 is 0 Å². The van der Waals surface area contributed by atoms with Crippen LogP contribution in [0.4, 0.5) is 5.95 Å². The standard InChI is InChI=1S/C10H15ClN4O3/c1-6(4-3-5-7(16)17)12-9-13-8(11)14-10(15-9)18-2/h6H,3-5H2,1-2H3,(H,16,17)(H,12,13,14,15). The number of rotatable bonds is 7. The maximum Gasteiger partial charge on any atom is 0.322 e. The summed E-state index contributed by atoms with van der Waals surface area (Å²) in [6, 6.07) is 0.169. The first-order valence-corrected chi connectivity index (χ1v) is 5.83. The Morgan fingerprint density at radius 3 is 2.83 bits per heavy atom. The number of nitrogens with zero attached hydrogens (tertiary/aromatic N) is 3. The molecule has 2 N–H and O–H groups in total. The Kier molecular flexibility index (Phi) is 5.57. The lowest BCUT2D eigenvalue weighted by Gasteiger charge is -2.13. The van der Waals surface area contributed by atoms with Gasteiger partial charge in [-0.25, -0.2) is 0 Å². The van der Waals surface area contributed by atoms with E-state index in [0.717, 1.165) is 0 Å². The van der Waals surface area contributed by atoms with E-state index in [1.54, 1.807) is 0 Å². The zero-order valence-electron chi connectivity index (χ0n) is 10.2. The first-order valence-electron chi connectivity index (χ1n) is 5.45. The fourth-order valence-corrected chi connectivity index (χ4v) is 1.49. The summed E-state index contributed by atoms with van der Waals surface area (Å²) in [7, 11) is 1.44. The summed E-state index contributed by atoms with van der Waals surface area (Å²) in [6.45, 7) is 1.91. The second kappa shape index (κ2) is 6.95. The number of nitrogens with one attached hydrogen (secondary N) is 1. The molecule has 1 aromatic heterocycles. The number of carboxylic acids is 1. The van der Waals surface area contributed by atoms with Crippen molar-refractivity contribution in [2.45, 2.75) is 32.2 Å². The Morgan fingerprint density at radius 2 is 2.22 bits per heavy atom. The molecule has 0 saturated carbocycles. The fourth-order valence-electron chi connectivity index (χ4n) is 1.34. The minimum Gasteiger partial charge on any atom is -0.481 e. The summed E-state index contributed by atoms with van der Waals surface area (Å²) in [5, 5.41) is 11.6. The largest absolute Gasteiger partial charge is 0.481 e. The van der Waals surface area contributed by atoms with Crippen molar-refractivity contribution < 1.29 is 14.6 Å². The number of aromatic nitrogens is 3. The van der Waals surface area contributed by atoms with Crippen molar-refractivity contribution in [3.63, 3.8) is 0 Å². The van der Waals surface area contributed by atoms with Crippen molar-refractivity contribution >= 4 is 23.5 Å². The maximum atomic E-state index is 10.4. The van der Waals surface area contributed by atoms with Crippen LogP contribution in [0.5, 0.6) is 6.01 Å². The number of anilines is 1. The minimum atomic E-state index is -0.799. The zero-order chi connectivity index (χ0) is 13.5. The number of hydrogen-bond donors (Lipinski definition) is 2. The van der Waals surface area contributed by atoms with Gasteiger partial charge in [-0.2, -0.15) is 15.0 Å². The van der Waals surface area contributed by atoms with E-state index in [0.29, 0.717) is 18.8 Å². The third-order valence-electron chi connectivity index (χ3n) is 2.17. The van der Waals surface area contributed by atoms with Crippen molar-refractivity contribution in [3.8, 4) is 6.01 Å². The van der Waals surface area contributed by atoms with Gasteiger partial charge < -0.3 is 15.2 Å². The molecule has 8 heteroatoms. The number of carboxylic acid groups (broad SMARTS) is 1. The lowest BCUT2D eigenvalue weighted by atomic mass is 10.1. The number of carbonyl (C=O) groups is 1. The van der Waals surface area contributed by atoms with E-state index in [-0.39, 0.29) is 23.8 Å². The SMILES string of the molecule is COc1nc(Cl)nc(NC(C)CCCC(=O)O)n1. The van der Waals surface area contributed by atoms with Crippen LogP contribution in [0.25, 0.3) is 0 Å². The van der Waals surface area contributed by atoms with Crippen LogP contribution < -0.4 is 10.1 Å². The van der Waals surface area contributed by atoms with Gasteiger partial charge in [-0.3, -0.25) is 4.79 Å². The van der Waals surface area contributed by atoms with Gasteiger partial charge in [0.15, 0.2) is 0 Å². The molecule has 0 aromatic carbocycles. The monoisotopic (exact) mass is 274 g/mol. The molecule has 0 amide bonds. The van der Waals surface area contributed by atoms with E-state index in [4.69, 9.17) is 21.4 Å². The fraction of sp³-hybridized carbons (Fsp3) is 0.600. The summed E-state index contributed by atoms with van der Waals surface area (Å²) in [4.78, 5) is 22.0. The second-order valence-electron chi connectivity index (χ2n) is 3.75. The molecular formula is C10H15ClN4O3. The summed E-state index contributed by atoms with van der Waals surface area (Å²) in [5.74, 6) is -0.484. The Balaban J connectivity index is 2.50.